The van der Waals surface area contributed by atoms with Crippen LogP contribution in [0.4, 0.5) is 4.79 Å². The van der Waals surface area contributed by atoms with Gasteiger partial charge in [-0.1, -0.05) is 25.5 Å². The molecule has 0 radical (unpaired) electrons. The fraction of sp³-hybridized carbons (Fsp3) is 0.526. The molecule has 0 aliphatic carbocycles. The summed E-state index contributed by atoms with van der Waals surface area (Å²) >= 11 is 3.44. The van der Waals surface area contributed by atoms with Crippen LogP contribution in [0.5, 0.6) is 0 Å². The lowest BCUT2D eigenvalue weighted by Crippen LogP contribution is -3.22. The summed E-state index contributed by atoms with van der Waals surface area (Å²) in [6, 6.07) is 8.56. The van der Waals surface area contributed by atoms with E-state index in [2.05, 4.69) is 62.7 Å². The second-order valence-electron chi connectivity index (χ2n) is 7.15. The summed E-state index contributed by atoms with van der Waals surface area (Å²) in [5, 5.41) is 4.16. The quantitative estimate of drug-likeness (QED) is 0.772. The lowest BCUT2D eigenvalue weighted by molar-refractivity contribution is -0.871. The molecule has 2 aromatic heterocycles. The van der Waals surface area contributed by atoms with Gasteiger partial charge in [0.2, 0.25) is 0 Å². The van der Waals surface area contributed by atoms with E-state index >= 15 is 0 Å². The fourth-order valence-electron chi connectivity index (χ4n) is 2.73. The molecule has 2 rings (SSSR count). The average Bonchev–Trinajstić information content (AvgIpc) is 3.19. The molecule has 2 amide bonds. The van der Waals surface area contributed by atoms with Crippen LogP contribution < -0.4 is 4.90 Å². The number of hydrogen-bond donors (Lipinski definition) is 1. The van der Waals surface area contributed by atoms with E-state index in [4.69, 9.17) is 0 Å². The Balaban J connectivity index is 2.20. The Morgan fingerprint density at radius 2 is 1.62 bits per heavy atom. The minimum Gasteiger partial charge on any atom is -0.282 e. The Bertz CT molecular complexity index is 564. The molecule has 132 valence electrons. The molecule has 0 saturated heterocycles. The van der Waals surface area contributed by atoms with Crippen LogP contribution >= 0.6 is 22.7 Å². The van der Waals surface area contributed by atoms with Crippen molar-refractivity contribution in [3.05, 3.63) is 44.8 Å². The lowest BCUT2D eigenvalue weighted by atomic mass is 10.1. The maximum absolute atomic E-state index is 13.3. The first-order chi connectivity index (χ1) is 11.4. The molecule has 1 N–H and O–H groups in total. The summed E-state index contributed by atoms with van der Waals surface area (Å²) < 4.78 is 0. The summed E-state index contributed by atoms with van der Waals surface area (Å²) in [5.41, 5.74) is -0.0879. The zero-order valence-electron chi connectivity index (χ0n) is 15.2. The molecule has 1 unspecified atom stereocenters. The minimum absolute atomic E-state index is 0.0879. The van der Waals surface area contributed by atoms with E-state index in [0.717, 1.165) is 24.3 Å². The van der Waals surface area contributed by atoms with E-state index < -0.39 is 0 Å². The third-order valence-electron chi connectivity index (χ3n) is 4.08. The summed E-state index contributed by atoms with van der Waals surface area (Å²) in [7, 11) is 0. The molecule has 0 fully saturated rings. The van der Waals surface area contributed by atoms with Gasteiger partial charge in [0.05, 0.1) is 25.2 Å². The van der Waals surface area contributed by atoms with E-state index in [-0.39, 0.29) is 11.6 Å². The number of nitrogens with one attached hydrogen (secondary N) is 1. The van der Waals surface area contributed by atoms with Gasteiger partial charge in [-0.25, -0.2) is 9.69 Å². The molecular formula is C19H29N2OS2+. The van der Waals surface area contributed by atoms with E-state index in [0.29, 0.717) is 13.1 Å². The number of nitrogens with zero attached hydrogens (tertiary/aromatic N) is 1. The standard InChI is InChI=1S/C19H28N2OS2/c1-5-6-11-21(19(2,3)4)18(22)20(14-16-9-7-12-23-16)15-17-10-8-13-24-17/h7-10,12-13H,5-6,11,14-15H2,1-4H3/p+1. The maximum Gasteiger partial charge on any atom is 0.418 e. The first kappa shape index (κ1) is 19.2. The van der Waals surface area contributed by atoms with Gasteiger partial charge in [0.1, 0.15) is 0 Å². The number of hydrogen-bond acceptors (Lipinski definition) is 3. The predicted octanol–water partition coefficient (Wildman–Crippen LogP) is 4.42. The van der Waals surface area contributed by atoms with Crippen molar-refractivity contribution in [2.75, 3.05) is 6.54 Å². The smallest absolute Gasteiger partial charge is 0.282 e. The fourth-order valence-corrected chi connectivity index (χ4v) is 4.17. The van der Waals surface area contributed by atoms with Gasteiger partial charge in [0.25, 0.3) is 0 Å². The zero-order valence-corrected chi connectivity index (χ0v) is 16.8. The number of carbonyl (C=O) groups excluding carboxylic acids is 1. The molecule has 0 saturated carbocycles. The molecule has 24 heavy (non-hydrogen) atoms. The first-order valence-corrected chi connectivity index (χ1v) is 10.4. The molecule has 1 atom stereocenters. The number of quaternary nitrogens is 1. The summed E-state index contributed by atoms with van der Waals surface area (Å²) in [5.74, 6) is 0. The van der Waals surface area contributed by atoms with E-state index in [9.17, 15) is 4.79 Å². The second-order valence-corrected chi connectivity index (χ2v) is 9.22. The third kappa shape index (κ3) is 5.43. The topological polar surface area (TPSA) is 24.8 Å². The third-order valence-corrected chi connectivity index (χ3v) is 5.81. The van der Waals surface area contributed by atoms with E-state index in [1.165, 1.54) is 9.75 Å². The number of urea groups is 1. The van der Waals surface area contributed by atoms with Crippen LogP contribution in [-0.2, 0) is 13.1 Å². The van der Waals surface area contributed by atoms with Crippen molar-refractivity contribution < 1.29 is 9.69 Å². The monoisotopic (exact) mass is 365 g/mol. The van der Waals surface area contributed by atoms with Gasteiger partial charge in [-0.05, 0) is 50.1 Å². The van der Waals surface area contributed by atoms with Crippen LogP contribution in [0.25, 0.3) is 0 Å². The highest BCUT2D eigenvalue weighted by atomic mass is 32.1. The van der Waals surface area contributed by atoms with Crippen molar-refractivity contribution in [1.82, 2.24) is 4.90 Å². The zero-order chi connectivity index (χ0) is 17.6. The molecule has 0 aromatic carbocycles. The highest BCUT2D eigenvalue weighted by molar-refractivity contribution is 7.10. The Morgan fingerprint density at radius 1 is 1.08 bits per heavy atom. The highest BCUT2D eigenvalue weighted by Gasteiger charge is 2.35. The van der Waals surface area contributed by atoms with E-state index in [1.54, 1.807) is 22.7 Å². The largest absolute Gasteiger partial charge is 0.418 e. The Hall–Kier alpha value is -1.17. The predicted molar refractivity (Wildman–Crippen MR) is 104 cm³/mol. The highest BCUT2D eigenvalue weighted by Crippen LogP contribution is 2.17. The van der Waals surface area contributed by atoms with Crippen LogP contribution in [0.2, 0.25) is 0 Å². The van der Waals surface area contributed by atoms with Crippen LogP contribution in [-0.4, -0.2) is 23.0 Å². The lowest BCUT2D eigenvalue weighted by Gasteiger charge is -2.34. The molecule has 2 heterocycles. The number of amides is 2. The molecule has 0 aliphatic heterocycles. The number of rotatable bonds is 7. The SMILES string of the molecule is CCCC[NH+](C(=O)N(Cc1cccs1)Cc1cccs1)C(C)(C)C. The Kier molecular flexibility index (Phi) is 7.02. The summed E-state index contributed by atoms with van der Waals surface area (Å²) in [6.45, 7) is 10.9. The van der Waals surface area contributed by atoms with Gasteiger partial charge in [-0.3, -0.25) is 4.90 Å². The van der Waals surface area contributed by atoms with Crippen molar-refractivity contribution >= 4 is 28.7 Å². The maximum atomic E-state index is 13.3. The van der Waals surface area contributed by atoms with Crippen molar-refractivity contribution in [2.24, 2.45) is 0 Å². The van der Waals surface area contributed by atoms with Crippen LogP contribution in [0.1, 0.15) is 50.3 Å². The molecule has 0 spiro atoms. The average molecular weight is 366 g/mol. The van der Waals surface area contributed by atoms with Gasteiger partial charge in [0, 0.05) is 9.75 Å². The molecule has 0 bridgehead atoms. The van der Waals surface area contributed by atoms with Crippen molar-refractivity contribution in [3.8, 4) is 0 Å². The summed E-state index contributed by atoms with van der Waals surface area (Å²) in [4.78, 5) is 18.9. The molecule has 0 aliphatic rings. The number of thiophene rings is 2. The Labute approximate surface area is 153 Å². The number of carbonyl (C=O) groups is 1. The van der Waals surface area contributed by atoms with Gasteiger partial charge in [-0.2, -0.15) is 0 Å². The molecular weight excluding hydrogens is 336 g/mol. The molecule has 5 heteroatoms. The van der Waals surface area contributed by atoms with Crippen LogP contribution in [0.3, 0.4) is 0 Å². The normalized spacial score (nSPS) is 13.0. The van der Waals surface area contributed by atoms with Crippen molar-refractivity contribution in [2.45, 2.75) is 59.2 Å². The van der Waals surface area contributed by atoms with Crippen molar-refractivity contribution in [3.63, 3.8) is 0 Å². The van der Waals surface area contributed by atoms with Gasteiger partial charge < -0.3 is 0 Å². The van der Waals surface area contributed by atoms with E-state index in [1.807, 2.05) is 4.90 Å². The minimum atomic E-state index is -0.0879. The van der Waals surface area contributed by atoms with Gasteiger partial charge in [0.15, 0.2) is 0 Å². The number of unbranched alkanes of at least 4 members (excludes halogenated alkanes) is 1. The van der Waals surface area contributed by atoms with Gasteiger partial charge >= 0.3 is 6.03 Å². The van der Waals surface area contributed by atoms with Crippen molar-refractivity contribution in [1.29, 1.82) is 0 Å². The summed E-state index contributed by atoms with van der Waals surface area (Å²) in [6.07, 6.45) is 2.19. The van der Waals surface area contributed by atoms with Gasteiger partial charge in [-0.15, -0.1) is 22.7 Å². The first-order valence-electron chi connectivity index (χ1n) is 8.62. The van der Waals surface area contributed by atoms with Crippen LogP contribution in [0.15, 0.2) is 35.0 Å². The second kappa shape index (κ2) is 8.79. The molecule has 3 nitrogen and oxygen atoms in total. The van der Waals surface area contributed by atoms with Crippen LogP contribution in [0, 0.1) is 0 Å². The molecule has 2 aromatic rings. The Morgan fingerprint density at radius 3 is 2.00 bits per heavy atom.